The summed E-state index contributed by atoms with van der Waals surface area (Å²) in [6.45, 7) is 1.96. The first-order valence-corrected chi connectivity index (χ1v) is 11.5. The Morgan fingerprint density at radius 2 is 1.67 bits per heavy atom. The number of aliphatic carboxylic acids is 1. The number of carboxylic acids is 1. The number of rotatable bonds is 8. The summed E-state index contributed by atoms with van der Waals surface area (Å²) < 4.78 is 5.62. The molecule has 2 aliphatic rings. The van der Waals surface area contributed by atoms with Crippen LogP contribution in [0.2, 0.25) is 0 Å². The van der Waals surface area contributed by atoms with E-state index in [9.17, 15) is 14.4 Å². The standard InChI is InChI=1S/C26H30N2O5/c1-16(12-25(30)31)27-24(29)14-17-10-11-18(13-17)28-26(32)33-15-23-21-8-4-2-6-19(21)20-7-3-5-9-22(20)23/h2-9,16-18,23H,10-15H2,1H3,(H,27,29)(H,28,32)(H,30,31)/t16-,17+,18-/m0/s1. The van der Waals surface area contributed by atoms with Gasteiger partial charge in [0.15, 0.2) is 0 Å². The molecule has 2 aliphatic carbocycles. The van der Waals surface area contributed by atoms with Gasteiger partial charge in [-0.2, -0.15) is 0 Å². The summed E-state index contributed by atoms with van der Waals surface area (Å²) in [5, 5.41) is 14.5. The molecule has 7 nitrogen and oxygen atoms in total. The summed E-state index contributed by atoms with van der Waals surface area (Å²) in [7, 11) is 0. The van der Waals surface area contributed by atoms with Crippen LogP contribution >= 0.6 is 0 Å². The molecule has 7 heteroatoms. The molecule has 0 aliphatic heterocycles. The number of carbonyl (C=O) groups excluding carboxylic acids is 2. The van der Waals surface area contributed by atoms with Crippen LogP contribution in [0.15, 0.2) is 48.5 Å². The average molecular weight is 451 g/mol. The topological polar surface area (TPSA) is 105 Å². The Morgan fingerprint density at radius 1 is 1.03 bits per heavy atom. The molecule has 1 saturated carbocycles. The number of alkyl carbamates (subject to hydrolysis) is 1. The Labute approximate surface area is 193 Å². The Bertz CT molecular complexity index is 991. The molecule has 4 rings (SSSR count). The highest BCUT2D eigenvalue weighted by Gasteiger charge is 2.31. The van der Waals surface area contributed by atoms with E-state index < -0.39 is 18.1 Å². The van der Waals surface area contributed by atoms with Gasteiger partial charge in [0.25, 0.3) is 0 Å². The van der Waals surface area contributed by atoms with E-state index in [1.807, 2.05) is 24.3 Å². The second-order valence-corrected chi connectivity index (χ2v) is 9.12. The van der Waals surface area contributed by atoms with Gasteiger partial charge in [0.05, 0.1) is 6.42 Å². The van der Waals surface area contributed by atoms with Crippen molar-refractivity contribution in [2.75, 3.05) is 6.61 Å². The van der Waals surface area contributed by atoms with E-state index in [1.54, 1.807) is 6.92 Å². The Morgan fingerprint density at radius 3 is 2.30 bits per heavy atom. The highest BCUT2D eigenvalue weighted by molar-refractivity contribution is 5.79. The third-order valence-corrected chi connectivity index (χ3v) is 6.57. The summed E-state index contributed by atoms with van der Waals surface area (Å²) in [5.74, 6) is -0.886. The number of amides is 2. The van der Waals surface area contributed by atoms with Gasteiger partial charge in [-0.25, -0.2) is 4.79 Å². The van der Waals surface area contributed by atoms with E-state index in [0.717, 1.165) is 12.8 Å². The normalized spacial score (nSPS) is 19.9. The molecule has 1 fully saturated rings. The third kappa shape index (κ3) is 5.53. The predicted octanol–water partition coefficient (Wildman–Crippen LogP) is 4.06. The average Bonchev–Trinajstić information content (AvgIpc) is 3.33. The van der Waals surface area contributed by atoms with Crippen molar-refractivity contribution in [1.82, 2.24) is 10.6 Å². The Hall–Kier alpha value is -3.35. The zero-order valence-corrected chi connectivity index (χ0v) is 18.8. The molecule has 0 spiro atoms. The van der Waals surface area contributed by atoms with Gasteiger partial charge in [-0.05, 0) is 54.4 Å². The van der Waals surface area contributed by atoms with Crippen LogP contribution in [0.1, 0.15) is 56.1 Å². The molecule has 0 aromatic heterocycles. The molecular weight excluding hydrogens is 420 g/mol. The van der Waals surface area contributed by atoms with Crippen molar-refractivity contribution in [1.29, 1.82) is 0 Å². The van der Waals surface area contributed by atoms with Crippen LogP contribution in [0.4, 0.5) is 4.79 Å². The maximum atomic E-state index is 12.5. The lowest BCUT2D eigenvalue weighted by molar-refractivity contribution is -0.137. The molecule has 3 atom stereocenters. The van der Waals surface area contributed by atoms with Gasteiger partial charge >= 0.3 is 12.1 Å². The summed E-state index contributed by atoms with van der Waals surface area (Å²) in [6, 6.07) is 16.0. The molecule has 33 heavy (non-hydrogen) atoms. The highest BCUT2D eigenvalue weighted by atomic mass is 16.5. The van der Waals surface area contributed by atoms with Gasteiger partial charge in [0.1, 0.15) is 6.61 Å². The fourth-order valence-corrected chi connectivity index (χ4v) is 5.11. The van der Waals surface area contributed by atoms with Crippen molar-refractivity contribution >= 4 is 18.0 Å². The lowest BCUT2D eigenvalue weighted by Gasteiger charge is -2.17. The predicted molar refractivity (Wildman–Crippen MR) is 124 cm³/mol. The number of fused-ring (bicyclic) bond motifs is 3. The highest BCUT2D eigenvalue weighted by Crippen LogP contribution is 2.44. The van der Waals surface area contributed by atoms with Crippen LogP contribution in [0.25, 0.3) is 11.1 Å². The first kappa shape index (κ1) is 22.8. The molecule has 0 heterocycles. The van der Waals surface area contributed by atoms with Crippen LogP contribution in [0.3, 0.4) is 0 Å². The monoisotopic (exact) mass is 450 g/mol. The number of carboxylic acid groups (broad SMARTS) is 1. The Balaban J connectivity index is 1.24. The Kier molecular flexibility index (Phi) is 6.96. The quantitative estimate of drug-likeness (QED) is 0.563. The minimum absolute atomic E-state index is 0.0186. The van der Waals surface area contributed by atoms with E-state index in [4.69, 9.17) is 9.84 Å². The number of ether oxygens (including phenoxy) is 1. The zero-order chi connectivity index (χ0) is 23.4. The number of nitrogens with one attached hydrogen (secondary N) is 2. The van der Waals surface area contributed by atoms with Crippen LogP contribution in [-0.2, 0) is 14.3 Å². The third-order valence-electron chi connectivity index (χ3n) is 6.57. The van der Waals surface area contributed by atoms with Crippen LogP contribution < -0.4 is 10.6 Å². The van der Waals surface area contributed by atoms with Crippen LogP contribution in [-0.4, -0.2) is 41.8 Å². The van der Waals surface area contributed by atoms with Crippen LogP contribution in [0, 0.1) is 5.92 Å². The van der Waals surface area contributed by atoms with Crippen molar-refractivity contribution in [2.45, 2.75) is 57.0 Å². The van der Waals surface area contributed by atoms with E-state index in [1.165, 1.54) is 22.3 Å². The van der Waals surface area contributed by atoms with Crippen molar-refractivity contribution < 1.29 is 24.2 Å². The molecular formula is C26H30N2O5. The number of hydrogen-bond donors (Lipinski definition) is 3. The minimum Gasteiger partial charge on any atom is -0.481 e. The fraction of sp³-hybridized carbons (Fsp3) is 0.423. The zero-order valence-electron chi connectivity index (χ0n) is 18.8. The van der Waals surface area contributed by atoms with E-state index in [0.29, 0.717) is 12.8 Å². The molecule has 0 radical (unpaired) electrons. The van der Waals surface area contributed by atoms with E-state index in [2.05, 4.69) is 34.9 Å². The molecule has 3 N–H and O–H groups in total. The number of hydrogen-bond acceptors (Lipinski definition) is 4. The van der Waals surface area contributed by atoms with Gasteiger partial charge in [-0.3, -0.25) is 9.59 Å². The summed E-state index contributed by atoms with van der Waals surface area (Å²) in [6.07, 6.45) is 2.17. The number of carbonyl (C=O) groups is 3. The van der Waals surface area contributed by atoms with E-state index in [-0.39, 0.29) is 36.8 Å². The summed E-state index contributed by atoms with van der Waals surface area (Å²) in [5.41, 5.74) is 4.74. The first-order valence-electron chi connectivity index (χ1n) is 11.5. The number of benzene rings is 2. The second kappa shape index (κ2) is 10.1. The maximum absolute atomic E-state index is 12.5. The first-order chi connectivity index (χ1) is 15.9. The van der Waals surface area contributed by atoms with Gasteiger partial charge in [0, 0.05) is 24.4 Å². The molecule has 2 amide bonds. The second-order valence-electron chi connectivity index (χ2n) is 9.12. The lowest BCUT2D eigenvalue weighted by Crippen LogP contribution is -2.36. The molecule has 0 saturated heterocycles. The molecule has 2 aromatic carbocycles. The fourth-order valence-electron chi connectivity index (χ4n) is 5.11. The van der Waals surface area contributed by atoms with Crippen molar-refractivity contribution in [2.24, 2.45) is 5.92 Å². The molecule has 174 valence electrons. The SMILES string of the molecule is C[C@@H](CC(=O)O)NC(=O)C[C@@H]1CC[C@H](NC(=O)OCC2c3ccccc3-c3ccccc32)C1. The summed E-state index contributed by atoms with van der Waals surface area (Å²) >= 11 is 0. The summed E-state index contributed by atoms with van der Waals surface area (Å²) in [4.78, 5) is 35.4. The van der Waals surface area contributed by atoms with Gasteiger partial charge < -0.3 is 20.5 Å². The maximum Gasteiger partial charge on any atom is 0.407 e. The molecule has 2 aromatic rings. The lowest BCUT2D eigenvalue weighted by atomic mass is 9.98. The van der Waals surface area contributed by atoms with Crippen LogP contribution in [0.5, 0.6) is 0 Å². The van der Waals surface area contributed by atoms with Crippen molar-refractivity contribution in [3.63, 3.8) is 0 Å². The van der Waals surface area contributed by atoms with Crippen molar-refractivity contribution in [3.05, 3.63) is 59.7 Å². The minimum atomic E-state index is -0.934. The largest absolute Gasteiger partial charge is 0.481 e. The van der Waals surface area contributed by atoms with Crippen molar-refractivity contribution in [3.8, 4) is 11.1 Å². The molecule has 0 unspecified atom stereocenters. The van der Waals surface area contributed by atoms with Gasteiger partial charge in [0.2, 0.25) is 5.91 Å². The van der Waals surface area contributed by atoms with Gasteiger partial charge in [-0.1, -0.05) is 48.5 Å². The van der Waals surface area contributed by atoms with E-state index >= 15 is 0 Å². The van der Waals surface area contributed by atoms with Gasteiger partial charge in [-0.15, -0.1) is 0 Å². The smallest absolute Gasteiger partial charge is 0.407 e. The molecule has 0 bridgehead atoms.